The van der Waals surface area contributed by atoms with Crippen LogP contribution < -0.4 is 10.5 Å². The van der Waals surface area contributed by atoms with E-state index in [2.05, 4.69) is 32.1 Å². The first-order valence-electron chi connectivity index (χ1n) is 7.55. The lowest BCUT2D eigenvalue weighted by Crippen LogP contribution is -2.34. The smallest absolute Gasteiger partial charge is 0.227 e. The van der Waals surface area contributed by atoms with Crippen molar-refractivity contribution in [3.05, 3.63) is 40.0 Å². The van der Waals surface area contributed by atoms with Gasteiger partial charge in [-0.25, -0.2) is 0 Å². The van der Waals surface area contributed by atoms with Crippen molar-refractivity contribution < 1.29 is 9.26 Å². The van der Waals surface area contributed by atoms with Gasteiger partial charge in [0.05, 0.1) is 17.1 Å². The van der Waals surface area contributed by atoms with Crippen molar-refractivity contribution in [1.29, 1.82) is 0 Å². The van der Waals surface area contributed by atoms with E-state index in [1.54, 1.807) is 7.11 Å². The van der Waals surface area contributed by atoms with E-state index < -0.39 is 0 Å². The summed E-state index contributed by atoms with van der Waals surface area (Å²) in [6, 6.07) is 6.05. The topological polar surface area (TPSA) is 74.2 Å². The number of benzene rings is 1. The molecule has 118 valence electrons. The number of aryl methyl sites for hydroxylation is 2. The van der Waals surface area contributed by atoms with Crippen LogP contribution in [0.2, 0.25) is 0 Å². The Balaban J connectivity index is 1.65. The van der Waals surface area contributed by atoms with Crippen LogP contribution in [0.5, 0.6) is 5.75 Å². The number of hydrogen-bond donors (Lipinski definition) is 1. The molecular formula is C16H20BrN3O2. The van der Waals surface area contributed by atoms with E-state index in [4.69, 9.17) is 15.0 Å². The average Bonchev–Trinajstić information content (AvgIpc) is 3.15. The van der Waals surface area contributed by atoms with E-state index in [-0.39, 0.29) is 5.54 Å². The Morgan fingerprint density at radius 2 is 2.09 bits per heavy atom. The fraction of sp³-hybridized carbons (Fsp3) is 0.500. The van der Waals surface area contributed by atoms with Crippen molar-refractivity contribution in [2.24, 2.45) is 5.73 Å². The molecule has 0 aliphatic heterocycles. The molecule has 1 heterocycles. The van der Waals surface area contributed by atoms with Gasteiger partial charge in [-0.15, -0.1) is 0 Å². The van der Waals surface area contributed by atoms with E-state index in [1.807, 2.05) is 12.1 Å². The second-order valence-electron chi connectivity index (χ2n) is 5.84. The lowest BCUT2D eigenvalue weighted by atomic mass is 9.99. The number of nitrogens with zero attached hydrogens (tertiary/aromatic N) is 2. The molecule has 0 radical (unpaired) electrons. The summed E-state index contributed by atoms with van der Waals surface area (Å²) in [5.74, 6) is 2.14. The molecule has 0 bridgehead atoms. The summed E-state index contributed by atoms with van der Waals surface area (Å²) in [5.41, 5.74) is 7.15. The summed E-state index contributed by atoms with van der Waals surface area (Å²) >= 11 is 3.50. The van der Waals surface area contributed by atoms with Crippen molar-refractivity contribution in [3.63, 3.8) is 0 Å². The van der Waals surface area contributed by atoms with Crippen LogP contribution in [0.4, 0.5) is 0 Å². The minimum absolute atomic E-state index is 0.384. The van der Waals surface area contributed by atoms with Crippen molar-refractivity contribution in [3.8, 4) is 5.75 Å². The van der Waals surface area contributed by atoms with Crippen molar-refractivity contribution in [1.82, 2.24) is 10.1 Å². The van der Waals surface area contributed by atoms with Gasteiger partial charge in [0.2, 0.25) is 5.89 Å². The standard InChI is InChI=1S/C16H20BrN3O2/c1-21-13-6-4-11(10-12(13)17)5-7-14-19-15(20-22-14)16(18)8-2-3-9-16/h4,6,10H,2-3,5,7-9,18H2,1H3. The Kier molecular flexibility index (Phi) is 4.49. The molecule has 22 heavy (non-hydrogen) atoms. The molecule has 2 aromatic rings. The van der Waals surface area contributed by atoms with Gasteiger partial charge < -0.3 is 15.0 Å². The summed E-state index contributed by atoms with van der Waals surface area (Å²) in [5, 5.41) is 4.09. The minimum atomic E-state index is -0.384. The quantitative estimate of drug-likeness (QED) is 0.879. The molecule has 1 fully saturated rings. The molecule has 1 aromatic heterocycles. The van der Waals surface area contributed by atoms with Crippen LogP contribution in [0.25, 0.3) is 0 Å². The first kappa shape index (κ1) is 15.5. The van der Waals surface area contributed by atoms with Gasteiger partial charge in [-0.1, -0.05) is 24.1 Å². The van der Waals surface area contributed by atoms with Crippen LogP contribution in [0, 0.1) is 0 Å². The highest BCUT2D eigenvalue weighted by Crippen LogP contribution is 2.34. The number of hydrogen-bond acceptors (Lipinski definition) is 5. The molecule has 1 saturated carbocycles. The zero-order valence-corrected chi connectivity index (χ0v) is 14.2. The first-order chi connectivity index (χ1) is 10.6. The third-order valence-corrected chi connectivity index (χ3v) is 4.87. The molecular weight excluding hydrogens is 346 g/mol. The van der Waals surface area contributed by atoms with Crippen LogP contribution in [-0.2, 0) is 18.4 Å². The van der Waals surface area contributed by atoms with E-state index in [1.165, 1.54) is 5.56 Å². The van der Waals surface area contributed by atoms with Crippen molar-refractivity contribution in [2.45, 2.75) is 44.1 Å². The minimum Gasteiger partial charge on any atom is -0.496 e. The number of nitrogens with two attached hydrogens (primary N) is 1. The van der Waals surface area contributed by atoms with Crippen LogP contribution in [-0.4, -0.2) is 17.3 Å². The lowest BCUT2D eigenvalue weighted by molar-refractivity contribution is 0.348. The summed E-state index contributed by atoms with van der Waals surface area (Å²) in [4.78, 5) is 4.50. The number of halogens is 1. The SMILES string of the molecule is COc1ccc(CCc2nc(C3(N)CCCC3)no2)cc1Br. The Morgan fingerprint density at radius 3 is 2.77 bits per heavy atom. The molecule has 0 spiro atoms. The molecule has 5 nitrogen and oxygen atoms in total. The summed E-state index contributed by atoms with van der Waals surface area (Å²) in [6.45, 7) is 0. The fourth-order valence-electron chi connectivity index (χ4n) is 2.90. The van der Waals surface area contributed by atoms with E-state index >= 15 is 0 Å². The molecule has 2 N–H and O–H groups in total. The maximum absolute atomic E-state index is 6.35. The highest BCUT2D eigenvalue weighted by Gasteiger charge is 2.35. The van der Waals surface area contributed by atoms with Crippen LogP contribution >= 0.6 is 15.9 Å². The highest BCUT2D eigenvalue weighted by molar-refractivity contribution is 9.10. The van der Waals surface area contributed by atoms with Gasteiger partial charge in [-0.05, 0) is 52.9 Å². The van der Waals surface area contributed by atoms with Crippen molar-refractivity contribution in [2.75, 3.05) is 7.11 Å². The Hall–Kier alpha value is -1.40. The Labute approximate surface area is 138 Å². The van der Waals surface area contributed by atoms with Gasteiger partial charge in [0.1, 0.15) is 5.75 Å². The van der Waals surface area contributed by atoms with Crippen LogP contribution in [0.3, 0.4) is 0 Å². The molecule has 1 aromatic carbocycles. The molecule has 1 aliphatic carbocycles. The largest absolute Gasteiger partial charge is 0.496 e. The maximum atomic E-state index is 6.35. The summed E-state index contributed by atoms with van der Waals surface area (Å²) in [7, 11) is 1.66. The Morgan fingerprint density at radius 1 is 1.32 bits per heavy atom. The highest BCUT2D eigenvalue weighted by atomic mass is 79.9. The second kappa shape index (κ2) is 6.38. The monoisotopic (exact) mass is 365 g/mol. The zero-order chi connectivity index (χ0) is 15.6. The summed E-state index contributed by atoms with van der Waals surface area (Å²) in [6.07, 6.45) is 5.71. The van der Waals surface area contributed by atoms with E-state index in [0.29, 0.717) is 18.1 Å². The number of aromatic nitrogens is 2. The van der Waals surface area contributed by atoms with Gasteiger partial charge in [-0.3, -0.25) is 0 Å². The Bertz CT molecular complexity index is 651. The predicted molar refractivity (Wildman–Crippen MR) is 86.7 cm³/mol. The average molecular weight is 366 g/mol. The number of methoxy groups -OCH3 is 1. The maximum Gasteiger partial charge on any atom is 0.227 e. The molecule has 0 amide bonds. The first-order valence-corrected chi connectivity index (χ1v) is 8.34. The van der Waals surface area contributed by atoms with Gasteiger partial charge in [-0.2, -0.15) is 4.98 Å². The molecule has 3 rings (SSSR count). The van der Waals surface area contributed by atoms with Gasteiger partial charge in [0, 0.05) is 6.42 Å². The van der Waals surface area contributed by atoms with Gasteiger partial charge in [0.25, 0.3) is 0 Å². The molecule has 6 heteroatoms. The molecule has 0 atom stereocenters. The third-order valence-electron chi connectivity index (χ3n) is 4.25. The van der Waals surface area contributed by atoms with Gasteiger partial charge >= 0.3 is 0 Å². The fourth-order valence-corrected chi connectivity index (χ4v) is 3.49. The predicted octanol–water partition coefficient (Wildman–Crippen LogP) is 3.35. The van der Waals surface area contributed by atoms with Crippen LogP contribution in [0.1, 0.15) is 43.0 Å². The van der Waals surface area contributed by atoms with Gasteiger partial charge in [0.15, 0.2) is 5.82 Å². The molecule has 0 unspecified atom stereocenters. The second-order valence-corrected chi connectivity index (χ2v) is 6.70. The lowest BCUT2D eigenvalue weighted by Gasteiger charge is -2.17. The zero-order valence-electron chi connectivity index (χ0n) is 12.6. The molecule has 1 aliphatic rings. The number of rotatable bonds is 5. The van der Waals surface area contributed by atoms with Crippen molar-refractivity contribution >= 4 is 15.9 Å². The normalized spacial score (nSPS) is 16.9. The number of ether oxygens (including phenoxy) is 1. The summed E-state index contributed by atoms with van der Waals surface area (Å²) < 4.78 is 11.5. The third kappa shape index (κ3) is 3.17. The van der Waals surface area contributed by atoms with E-state index in [9.17, 15) is 0 Å². The molecule has 0 saturated heterocycles. The van der Waals surface area contributed by atoms with E-state index in [0.717, 1.165) is 42.3 Å². The van der Waals surface area contributed by atoms with Crippen LogP contribution in [0.15, 0.2) is 27.2 Å².